The molecule has 2 aromatic rings. The van der Waals surface area contributed by atoms with Gasteiger partial charge in [-0.25, -0.2) is 4.98 Å². The largest absolute Gasteiger partial charge is 0.333 e. The monoisotopic (exact) mass is 277 g/mol. The number of aryl methyl sites for hydroxylation is 1. The number of hydrogen-bond donors (Lipinski definition) is 1. The highest BCUT2D eigenvalue weighted by Crippen LogP contribution is 2.17. The summed E-state index contributed by atoms with van der Waals surface area (Å²) in [6.07, 6.45) is 4.94. The van der Waals surface area contributed by atoms with Crippen molar-refractivity contribution in [2.75, 3.05) is 0 Å². The summed E-state index contributed by atoms with van der Waals surface area (Å²) in [7, 11) is 0. The van der Waals surface area contributed by atoms with E-state index in [0.717, 1.165) is 24.5 Å². The highest BCUT2D eigenvalue weighted by Gasteiger charge is 2.07. The molecule has 0 bridgehead atoms. The lowest BCUT2D eigenvalue weighted by Gasteiger charge is -2.15. The van der Waals surface area contributed by atoms with Crippen molar-refractivity contribution in [2.24, 2.45) is 0 Å². The van der Waals surface area contributed by atoms with Gasteiger partial charge >= 0.3 is 0 Å². The van der Waals surface area contributed by atoms with Crippen molar-refractivity contribution in [3.63, 3.8) is 0 Å². The zero-order valence-corrected chi connectivity index (χ0v) is 12.2. The Balaban J connectivity index is 1.96. The van der Waals surface area contributed by atoms with Gasteiger partial charge in [0.2, 0.25) is 0 Å². The van der Waals surface area contributed by atoms with Crippen molar-refractivity contribution in [1.82, 2.24) is 14.9 Å². The highest BCUT2D eigenvalue weighted by atomic mass is 35.5. The third-order valence-corrected chi connectivity index (χ3v) is 3.44. The molecule has 3 nitrogen and oxygen atoms in total. The molecular formula is C15H20ClN3. The minimum atomic E-state index is 0.267. The van der Waals surface area contributed by atoms with E-state index in [-0.39, 0.29) is 6.04 Å². The number of hydrogen-bond acceptors (Lipinski definition) is 2. The van der Waals surface area contributed by atoms with Gasteiger partial charge in [-0.1, -0.05) is 30.7 Å². The average molecular weight is 278 g/mol. The van der Waals surface area contributed by atoms with Gasteiger partial charge in [0.1, 0.15) is 0 Å². The summed E-state index contributed by atoms with van der Waals surface area (Å²) in [5, 5.41) is 4.29. The molecule has 0 aliphatic heterocycles. The molecule has 0 amide bonds. The maximum atomic E-state index is 6.01. The van der Waals surface area contributed by atoms with Crippen molar-refractivity contribution in [1.29, 1.82) is 0 Å². The third kappa shape index (κ3) is 3.82. The molecule has 0 aliphatic rings. The summed E-state index contributed by atoms with van der Waals surface area (Å²) in [6, 6.07) is 8.24. The molecule has 0 saturated heterocycles. The van der Waals surface area contributed by atoms with E-state index >= 15 is 0 Å². The van der Waals surface area contributed by atoms with Gasteiger partial charge in [0.25, 0.3) is 0 Å². The fourth-order valence-electron chi connectivity index (χ4n) is 2.09. The summed E-state index contributed by atoms with van der Waals surface area (Å²) < 4.78 is 2.19. The Morgan fingerprint density at radius 1 is 1.42 bits per heavy atom. The Labute approximate surface area is 119 Å². The number of nitrogens with zero attached hydrogens (tertiary/aromatic N) is 2. The van der Waals surface area contributed by atoms with Gasteiger partial charge in [0.05, 0.1) is 12.0 Å². The second-order valence-corrected chi connectivity index (χ2v) is 5.17. The van der Waals surface area contributed by atoms with Crippen LogP contribution in [0.2, 0.25) is 5.02 Å². The van der Waals surface area contributed by atoms with Gasteiger partial charge in [0.15, 0.2) is 0 Å². The van der Waals surface area contributed by atoms with Crippen LogP contribution in [-0.4, -0.2) is 9.55 Å². The standard InChI is InChI=1S/C15H20ClN3/c1-3-7-19-11-17-9-15(19)10-18-12(2)13-5-4-6-14(16)8-13/h4-6,8-9,11-12,18H,3,7,10H2,1-2H3. The molecule has 4 heteroatoms. The van der Waals surface area contributed by atoms with Crippen LogP contribution < -0.4 is 5.32 Å². The van der Waals surface area contributed by atoms with E-state index in [1.54, 1.807) is 0 Å². The van der Waals surface area contributed by atoms with Gasteiger partial charge in [-0.15, -0.1) is 0 Å². The molecule has 0 saturated carbocycles. The number of rotatable bonds is 6. The normalized spacial score (nSPS) is 12.6. The van der Waals surface area contributed by atoms with Gasteiger partial charge in [-0.05, 0) is 31.0 Å². The maximum Gasteiger partial charge on any atom is 0.0948 e. The Morgan fingerprint density at radius 2 is 2.26 bits per heavy atom. The number of benzene rings is 1. The van der Waals surface area contributed by atoms with E-state index in [9.17, 15) is 0 Å². The molecule has 0 aliphatic carbocycles. The average Bonchev–Trinajstić information content (AvgIpc) is 2.84. The van der Waals surface area contributed by atoms with Gasteiger partial charge in [-0.2, -0.15) is 0 Å². The Bertz CT molecular complexity index is 522. The lowest BCUT2D eigenvalue weighted by atomic mass is 10.1. The van der Waals surface area contributed by atoms with Crippen LogP contribution in [-0.2, 0) is 13.1 Å². The van der Waals surface area contributed by atoms with Crippen LogP contribution in [0.1, 0.15) is 37.6 Å². The number of nitrogens with one attached hydrogen (secondary N) is 1. The summed E-state index contributed by atoms with van der Waals surface area (Å²) in [5.74, 6) is 0. The summed E-state index contributed by atoms with van der Waals surface area (Å²) in [4.78, 5) is 4.21. The zero-order valence-electron chi connectivity index (χ0n) is 11.4. The molecule has 0 spiro atoms. The van der Waals surface area contributed by atoms with E-state index in [2.05, 4.69) is 34.8 Å². The first-order valence-corrected chi connectivity index (χ1v) is 7.06. The fourth-order valence-corrected chi connectivity index (χ4v) is 2.29. The van der Waals surface area contributed by atoms with E-state index in [1.165, 1.54) is 11.3 Å². The summed E-state index contributed by atoms with van der Waals surface area (Å²) >= 11 is 6.01. The molecule has 0 fully saturated rings. The van der Waals surface area contributed by atoms with Gasteiger partial charge in [0, 0.05) is 30.4 Å². The quantitative estimate of drug-likeness (QED) is 0.870. The van der Waals surface area contributed by atoms with E-state index in [4.69, 9.17) is 11.6 Å². The van der Waals surface area contributed by atoms with Crippen LogP contribution in [0.5, 0.6) is 0 Å². The first-order valence-electron chi connectivity index (χ1n) is 6.68. The highest BCUT2D eigenvalue weighted by molar-refractivity contribution is 6.30. The Morgan fingerprint density at radius 3 is 3.00 bits per heavy atom. The lowest BCUT2D eigenvalue weighted by molar-refractivity contribution is 0.541. The predicted octanol–water partition coefficient (Wildman–Crippen LogP) is 3.80. The maximum absolute atomic E-state index is 6.01. The van der Waals surface area contributed by atoms with Crippen molar-refractivity contribution >= 4 is 11.6 Å². The molecule has 0 radical (unpaired) electrons. The van der Waals surface area contributed by atoms with Crippen LogP contribution in [0.4, 0.5) is 0 Å². The molecule has 102 valence electrons. The minimum Gasteiger partial charge on any atom is -0.333 e. The molecule has 1 unspecified atom stereocenters. The van der Waals surface area contributed by atoms with Crippen LogP contribution >= 0.6 is 11.6 Å². The van der Waals surface area contributed by atoms with Crippen molar-refractivity contribution < 1.29 is 0 Å². The smallest absolute Gasteiger partial charge is 0.0948 e. The van der Waals surface area contributed by atoms with Crippen LogP contribution in [0.25, 0.3) is 0 Å². The molecular weight excluding hydrogens is 258 g/mol. The minimum absolute atomic E-state index is 0.267. The SMILES string of the molecule is CCCn1cncc1CNC(C)c1cccc(Cl)c1. The molecule has 2 rings (SSSR count). The Kier molecular flexibility index (Phi) is 5.00. The second kappa shape index (κ2) is 6.73. The third-order valence-electron chi connectivity index (χ3n) is 3.20. The Hall–Kier alpha value is -1.32. The lowest BCUT2D eigenvalue weighted by Crippen LogP contribution is -2.20. The van der Waals surface area contributed by atoms with Gasteiger partial charge in [-0.3, -0.25) is 0 Å². The summed E-state index contributed by atoms with van der Waals surface area (Å²) in [6.45, 7) is 6.15. The van der Waals surface area contributed by atoms with E-state index < -0.39 is 0 Å². The predicted molar refractivity (Wildman–Crippen MR) is 79.2 cm³/mol. The zero-order chi connectivity index (χ0) is 13.7. The molecule has 19 heavy (non-hydrogen) atoms. The van der Waals surface area contributed by atoms with Crippen LogP contribution in [0.15, 0.2) is 36.8 Å². The van der Waals surface area contributed by atoms with Crippen molar-refractivity contribution in [2.45, 2.75) is 39.4 Å². The molecule has 1 aromatic carbocycles. The number of aromatic nitrogens is 2. The molecule has 1 aromatic heterocycles. The van der Waals surface area contributed by atoms with E-state index in [0.29, 0.717) is 0 Å². The van der Waals surface area contributed by atoms with E-state index in [1.807, 2.05) is 30.7 Å². The molecule has 1 heterocycles. The van der Waals surface area contributed by atoms with Crippen LogP contribution in [0.3, 0.4) is 0 Å². The molecule has 1 N–H and O–H groups in total. The van der Waals surface area contributed by atoms with Gasteiger partial charge < -0.3 is 9.88 Å². The van der Waals surface area contributed by atoms with Crippen LogP contribution in [0, 0.1) is 0 Å². The topological polar surface area (TPSA) is 29.9 Å². The first-order chi connectivity index (χ1) is 9.20. The number of halogens is 1. The molecule has 1 atom stereocenters. The summed E-state index contributed by atoms with van der Waals surface area (Å²) in [5.41, 5.74) is 2.42. The second-order valence-electron chi connectivity index (χ2n) is 4.74. The fraction of sp³-hybridized carbons (Fsp3) is 0.400. The van der Waals surface area contributed by atoms with Crippen molar-refractivity contribution in [3.8, 4) is 0 Å². The first kappa shape index (κ1) is 14.1. The van der Waals surface area contributed by atoms with Crippen molar-refractivity contribution in [3.05, 3.63) is 53.1 Å². The number of imidazole rings is 1.